The van der Waals surface area contributed by atoms with E-state index in [1.807, 2.05) is 60.7 Å². The predicted octanol–water partition coefficient (Wildman–Crippen LogP) is 4.96. The monoisotopic (exact) mass is 384 g/mol. The van der Waals surface area contributed by atoms with Gasteiger partial charge in [0.15, 0.2) is 0 Å². The zero-order valence-electron chi connectivity index (χ0n) is 16.3. The molecular weight excluding hydrogens is 360 g/mol. The molecule has 29 heavy (non-hydrogen) atoms. The second kappa shape index (κ2) is 7.70. The van der Waals surface area contributed by atoms with Crippen LogP contribution in [0.5, 0.6) is 5.88 Å². The van der Waals surface area contributed by atoms with Gasteiger partial charge >= 0.3 is 0 Å². The van der Waals surface area contributed by atoms with Gasteiger partial charge in [-0.3, -0.25) is 4.79 Å². The molecule has 0 spiro atoms. The van der Waals surface area contributed by atoms with Gasteiger partial charge in [0, 0.05) is 42.8 Å². The van der Waals surface area contributed by atoms with E-state index in [2.05, 4.69) is 22.0 Å². The van der Waals surface area contributed by atoms with E-state index in [1.54, 1.807) is 6.20 Å². The molecule has 2 saturated heterocycles. The lowest BCUT2D eigenvalue weighted by Crippen LogP contribution is -2.49. The normalized spacial score (nSPS) is 23.0. The summed E-state index contributed by atoms with van der Waals surface area (Å²) in [5, 5.41) is 0. The quantitative estimate of drug-likeness (QED) is 0.638. The number of carbonyl (C=O) groups is 1. The van der Waals surface area contributed by atoms with Crippen LogP contribution in [0.4, 0.5) is 0 Å². The average molecular weight is 384 g/mol. The highest BCUT2D eigenvalue weighted by Gasteiger charge is 2.44. The van der Waals surface area contributed by atoms with Gasteiger partial charge < -0.3 is 9.64 Å². The molecule has 0 N–H and O–H groups in total. The molecule has 4 heteroatoms. The number of amides is 1. The van der Waals surface area contributed by atoms with E-state index in [0.29, 0.717) is 5.88 Å². The smallest absolute Gasteiger partial charge is 0.254 e. The molecule has 0 radical (unpaired) electrons. The lowest BCUT2D eigenvalue weighted by Gasteiger charge is -2.38. The third-order valence-corrected chi connectivity index (χ3v) is 6.09. The van der Waals surface area contributed by atoms with Crippen LogP contribution < -0.4 is 4.74 Å². The Bertz CT molecular complexity index is 959. The highest BCUT2D eigenvalue weighted by Crippen LogP contribution is 2.38. The first-order valence-electron chi connectivity index (χ1n) is 10.3. The molecule has 2 unspecified atom stereocenters. The summed E-state index contributed by atoms with van der Waals surface area (Å²) in [7, 11) is 0. The topological polar surface area (TPSA) is 42.4 Å². The standard InChI is InChI=1S/C25H24N2O2/c28-25(20-11-9-19(10-12-20)18-6-2-1-3-7-18)27-21-13-14-22(27)17-23(16-21)29-24-8-4-5-15-26-24/h1-12,15,21-23H,13-14,16-17H2. The number of rotatable bonds is 4. The van der Waals surface area contributed by atoms with Crippen LogP contribution in [0.3, 0.4) is 0 Å². The van der Waals surface area contributed by atoms with Gasteiger partial charge in [0.1, 0.15) is 6.10 Å². The summed E-state index contributed by atoms with van der Waals surface area (Å²) in [6.45, 7) is 0. The van der Waals surface area contributed by atoms with Crippen LogP contribution in [0.1, 0.15) is 36.0 Å². The van der Waals surface area contributed by atoms with Crippen LogP contribution in [0, 0.1) is 0 Å². The Labute approximate surface area is 171 Å². The summed E-state index contributed by atoms with van der Waals surface area (Å²) in [4.78, 5) is 19.6. The number of benzene rings is 2. The molecule has 2 bridgehead atoms. The molecule has 2 aromatic carbocycles. The number of piperidine rings is 1. The van der Waals surface area contributed by atoms with Crippen LogP contribution in [-0.2, 0) is 0 Å². The fourth-order valence-corrected chi connectivity index (χ4v) is 4.73. The van der Waals surface area contributed by atoms with E-state index in [4.69, 9.17) is 4.74 Å². The zero-order valence-corrected chi connectivity index (χ0v) is 16.3. The Hall–Kier alpha value is -3.14. The van der Waals surface area contributed by atoms with Gasteiger partial charge in [-0.2, -0.15) is 0 Å². The minimum atomic E-state index is 0.131. The Kier molecular flexibility index (Phi) is 4.76. The summed E-state index contributed by atoms with van der Waals surface area (Å²) < 4.78 is 6.09. The highest BCUT2D eigenvalue weighted by molar-refractivity contribution is 5.95. The van der Waals surface area contributed by atoms with Crippen molar-refractivity contribution in [3.8, 4) is 17.0 Å². The highest BCUT2D eigenvalue weighted by atomic mass is 16.5. The molecule has 0 saturated carbocycles. The minimum Gasteiger partial charge on any atom is -0.474 e. The third-order valence-electron chi connectivity index (χ3n) is 6.09. The Morgan fingerprint density at radius 3 is 2.14 bits per heavy atom. The summed E-state index contributed by atoms with van der Waals surface area (Å²) in [6.07, 6.45) is 5.75. The molecule has 3 aromatic rings. The van der Waals surface area contributed by atoms with Crippen molar-refractivity contribution >= 4 is 5.91 Å². The summed E-state index contributed by atoms with van der Waals surface area (Å²) in [5.74, 6) is 0.821. The summed E-state index contributed by atoms with van der Waals surface area (Å²) >= 11 is 0. The predicted molar refractivity (Wildman–Crippen MR) is 113 cm³/mol. The second-order valence-electron chi connectivity index (χ2n) is 7.92. The van der Waals surface area contributed by atoms with E-state index in [0.717, 1.165) is 36.8 Å². The van der Waals surface area contributed by atoms with Crippen LogP contribution in [0.25, 0.3) is 11.1 Å². The van der Waals surface area contributed by atoms with Gasteiger partial charge in [-0.25, -0.2) is 4.98 Å². The Morgan fingerprint density at radius 2 is 1.48 bits per heavy atom. The van der Waals surface area contributed by atoms with Crippen LogP contribution in [0.15, 0.2) is 79.0 Å². The maximum absolute atomic E-state index is 13.2. The molecule has 2 aliphatic rings. The molecule has 1 aromatic heterocycles. The van der Waals surface area contributed by atoms with Crippen molar-refractivity contribution in [3.63, 3.8) is 0 Å². The second-order valence-corrected chi connectivity index (χ2v) is 7.92. The van der Waals surface area contributed by atoms with Gasteiger partial charge in [0.2, 0.25) is 5.88 Å². The fourth-order valence-electron chi connectivity index (χ4n) is 4.73. The molecule has 4 nitrogen and oxygen atoms in total. The number of ether oxygens (including phenoxy) is 1. The van der Waals surface area contributed by atoms with Crippen molar-refractivity contribution in [2.45, 2.75) is 43.9 Å². The average Bonchev–Trinajstić information content (AvgIpc) is 3.05. The summed E-state index contributed by atoms with van der Waals surface area (Å²) in [6, 6.07) is 24.5. The van der Waals surface area contributed by atoms with Gasteiger partial charge in [-0.15, -0.1) is 0 Å². The van der Waals surface area contributed by atoms with Gasteiger partial charge in [0.25, 0.3) is 5.91 Å². The third kappa shape index (κ3) is 3.63. The molecule has 5 rings (SSSR count). The van der Waals surface area contributed by atoms with Crippen LogP contribution in [0.2, 0.25) is 0 Å². The van der Waals surface area contributed by atoms with E-state index in [1.165, 1.54) is 5.56 Å². The first kappa shape index (κ1) is 17.9. The number of carbonyl (C=O) groups excluding carboxylic acids is 1. The van der Waals surface area contributed by atoms with E-state index in [9.17, 15) is 4.79 Å². The number of nitrogens with zero attached hydrogens (tertiary/aromatic N) is 2. The molecule has 2 aliphatic heterocycles. The molecular formula is C25H24N2O2. The van der Waals surface area contributed by atoms with Gasteiger partial charge in [0.05, 0.1) is 0 Å². The first-order valence-corrected chi connectivity index (χ1v) is 10.3. The molecule has 1 amide bonds. The van der Waals surface area contributed by atoms with Crippen LogP contribution in [-0.4, -0.2) is 34.0 Å². The minimum absolute atomic E-state index is 0.131. The van der Waals surface area contributed by atoms with E-state index in [-0.39, 0.29) is 24.1 Å². The van der Waals surface area contributed by atoms with Crippen molar-refractivity contribution in [3.05, 3.63) is 84.6 Å². The molecule has 2 fully saturated rings. The van der Waals surface area contributed by atoms with Crippen molar-refractivity contribution in [2.24, 2.45) is 0 Å². The lowest BCUT2D eigenvalue weighted by atomic mass is 9.97. The maximum Gasteiger partial charge on any atom is 0.254 e. The largest absolute Gasteiger partial charge is 0.474 e. The van der Waals surface area contributed by atoms with E-state index < -0.39 is 0 Å². The van der Waals surface area contributed by atoms with Crippen molar-refractivity contribution in [1.29, 1.82) is 0 Å². The lowest BCUT2D eigenvalue weighted by molar-refractivity contribution is 0.0348. The zero-order chi connectivity index (χ0) is 19.6. The Balaban J connectivity index is 1.29. The van der Waals surface area contributed by atoms with Gasteiger partial charge in [-0.1, -0.05) is 48.5 Å². The maximum atomic E-state index is 13.2. The Morgan fingerprint density at radius 1 is 0.828 bits per heavy atom. The molecule has 3 heterocycles. The number of hydrogen-bond acceptors (Lipinski definition) is 3. The molecule has 146 valence electrons. The van der Waals surface area contributed by atoms with E-state index >= 15 is 0 Å². The molecule has 2 atom stereocenters. The fraction of sp³-hybridized carbons (Fsp3) is 0.280. The molecule has 0 aliphatic carbocycles. The first-order chi connectivity index (χ1) is 14.3. The number of pyridine rings is 1. The SMILES string of the molecule is O=C(c1ccc(-c2ccccc2)cc1)N1C2CCC1CC(Oc1ccccn1)C2. The summed E-state index contributed by atoms with van der Waals surface area (Å²) in [5.41, 5.74) is 3.07. The van der Waals surface area contributed by atoms with Crippen molar-refractivity contribution in [1.82, 2.24) is 9.88 Å². The van der Waals surface area contributed by atoms with Crippen LogP contribution >= 0.6 is 0 Å². The van der Waals surface area contributed by atoms with Crippen molar-refractivity contribution in [2.75, 3.05) is 0 Å². The number of fused-ring (bicyclic) bond motifs is 2. The van der Waals surface area contributed by atoms with Crippen molar-refractivity contribution < 1.29 is 9.53 Å². The number of aromatic nitrogens is 1. The van der Waals surface area contributed by atoms with Gasteiger partial charge in [-0.05, 0) is 42.2 Å². The number of hydrogen-bond donors (Lipinski definition) is 0.